The van der Waals surface area contributed by atoms with Crippen molar-refractivity contribution in [3.63, 3.8) is 0 Å². The largest absolute Gasteiger partial charge is 0.497 e. The van der Waals surface area contributed by atoms with Gasteiger partial charge in [-0.2, -0.15) is 9.90 Å². The second-order valence-corrected chi connectivity index (χ2v) is 6.45. The molecule has 0 saturated carbocycles. The third-order valence-electron chi connectivity index (χ3n) is 4.57. The Morgan fingerprint density at radius 2 is 1.52 bits per heavy atom. The lowest BCUT2D eigenvalue weighted by Crippen LogP contribution is -2.29. The van der Waals surface area contributed by atoms with Gasteiger partial charge in [-0.05, 0) is 35.4 Å². The normalized spacial score (nSPS) is 11.6. The van der Waals surface area contributed by atoms with Crippen LogP contribution in [0.2, 0.25) is 0 Å². The van der Waals surface area contributed by atoms with Crippen molar-refractivity contribution < 1.29 is 9.53 Å². The monoisotopic (exact) mass is 384 g/mol. The number of hydrogen-bond acceptors (Lipinski definition) is 4. The van der Waals surface area contributed by atoms with Gasteiger partial charge >= 0.3 is 0 Å². The van der Waals surface area contributed by atoms with Crippen LogP contribution in [0.1, 0.15) is 27.7 Å². The lowest BCUT2D eigenvalue weighted by molar-refractivity contribution is 0.0937. The third-order valence-corrected chi connectivity index (χ3v) is 4.57. The van der Waals surface area contributed by atoms with Crippen molar-refractivity contribution in [2.75, 3.05) is 7.11 Å². The summed E-state index contributed by atoms with van der Waals surface area (Å²) in [4.78, 5) is 14.4. The number of methoxy groups -OCH3 is 1. The predicted molar refractivity (Wildman–Crippen MR) is 110 cm³/mol. The average Bonchev–Trinajstić information content (AvgIpc) is 3.29. The molecule has 0 aliphatic rings. The van der Waals surface area contributed by atoms with Gasteiger partial charge in [0.2, 0.25) is 0 Å². The molecule has 144 valence electrons. The van der Waals surface area contributed by atoms with Crippen molar-refractivity contribution in [2.45, 2.75) is 6.04 Å². The van der Waals surface area contributed by atoms with Crippen LogP contribution in [0.5, 0.6) is 5.75 Å². The van der Waals surface area contributed by atoms with Gasteiger partial charge in [0.1, 0.15) is 5.75 Å². The minimum Gasteiger partial charge on any atom is -0.497 e. The molecule has 6 nitrogen and oxygen atoms in total. The Bertz CT molecular complexity index is 1080. The zero-order valence-corrected chi connectivity index (χ0v) is 15.9. The third kappa shape index (κ3) is 4.16. The number of nitrogens with zero attached hydrogens (tertiary/aromatic N) is 3. The smallest absolute Gasteiger partial charge is 0.274 e. The fourth-order valence-electron chi connectivity index (χ4n) is 3.06. The maximum Gasteiger partial charge on any atom is 0.274 e. The van der Waals surface area contributed by atoms with E-state index in [1.807, 2.05) is 84.9 Å². The minimum absolute atomic E-state index is 0.253. The zero-order valence-electron chi connectivity index (χ0n) is 15.9. The van der Waals surface area contributed by atoms with Crippen LogP contribution >= 0.6 is 0 Å². The highest BCUT2D eigenvalue weighted by Crippen LogP contribution is 2.24. The van der Waals surface area contributed by atoms with E-state index in [0.29, 0.717) is 0 Å². The number of hydrogen-bond donors (Lipinski definition) is 1. The molecule has 0 saturated heterocycles. The van der Waals surface area contributed by atoms with Gasteiger partial charge in [0.15, 0.2) is 5.69 Å². The van der Waals surface area contributed by atoms with E-state index in [-0.39, 0.29) is 17.6 Å². The van der Waals surface area contributed by atoms with Crippen LogP contribution in [0.25, 0.3) is 5.69 Å². The van der Waals surface area contributed by atoms with Gasteiger partial charge in [0.05, 0.1) is 25.0 Å². The van der Waals surface area contributed by atoms with Crippen LogP contribution in [0.3, 0.4) is 0 Å². The SMILES string of the molecule is COc1ccc([C@H](NC(=O)c2cnn(-c3ccccc3)n2)c2ccccc2)cc1. The average molecular weight is 384 g/mol. The fourth-order valence-corrected chi connectivity index (χ4v) is 3.06. The Morgan fingerprint density at radius 1 is 0.897 bits per heavy atom. The van der Waals surface area contributed by atoms with E-state index in [0.717, 1.165) is 22.6 Å². The number of ether oxygens (including phenoxy) is 1. The summed E-state index contributed by atoms with van der Waals surface area (Å²) in [5, 5.41) is 11.6. The molecule has 0 bridgehead atoms. The van der Waals surface area contributed by atoms with E-state index in [9.17, 15) is 4.79 Å². The van der Waals surface area contributed by atoms with Crippen LogP contribution < -0.4 is 10.1 Å². The molecular formula is C23H20N4O2. The highest BCUT2D eigenvalue weighted by molar-refractivity contribution is 5.92. The van der Waals surface area contributed by atoms with Crippen molar-refractivity contribution in [3.8, 4) is 11.4 Å². The summed E-state index contributed by atoms with van der Waals surface area (Å²) in [6.45, 7) is 0. The van der Waals surface area contributed by atoms with Crippen LogP contribution in [0, 0.1) is 0 Å². The molecule has 1 N–H and O–H groups in total. The Hall–Kier alpha value is -3.93. The lowest BCUT2D eigenvalue weighted by atomic mass is 9.98. The Morgan fingerprint density at radius 3 is 2.17 bits per heavy atom. The quantitative estimate of drug-likeness (QED) is 0.549. The molecule has 3 aromatic carbocycles. The number of carbonyl (C=O) groups is 1. The van der Waals surface area contributed by atoms with Crippen LogP contribution in [0.15, 0.2) is 91.1 Å². The number of benzene rings is 3. The number of carbonyl (C=O) groups excluding carboxylic acids is 1. The predicted octanol–water partition coefficient (Wildman–Crippen LogP) is 3.80. The minimum atomic E-state index is -0.323. The van der Waals surface area contributed by atoms with Crippen LogP contribution in [-0.2, 0) is 0 Å². The van der Waals surface area contributed by atoms with Gasteiger partial charge in [0, 0.05) is 0 Å². The van der Waals surface area contributed by atoms with E-state index in [1.54, 1.807) is 7.11 Å². The maximum atomic E-state index is 12.9. The molecule has 0 aliphatic carbocycles. The van der Waals surface area contributed by atoms with E-state index in [1.165, 1.54) is 11.0 Å². The van der Waals surface area contributed by atoms with Crippen molar-refractivity contribution >= 4 is 5.91 Å². The second-order valence-electron chi connectivity index (χ2n) is 6.45. The molecule has 1 amide bonds. The fraction of sp³-hybridized carbons (Fsp3) is 0.0870. The Balaban J connectivity index is 1.60. The van der Waals surface area contributed by atoms with Crippen LogP contribution in [-0.4, -0.2) is 28.0 Å². The summed E-state index contributed by atoms with van der Waals surface area (Å²) in [5.74, 6) is 0.467. The first-order valence-electron chi connectivity index (χ1n) is 9.22. The van der Waals surface area contributed by atoms with Crippen molar-refractivity contribution in [2.24, 2.45) is 0 Å². The van der Waals surface area contributed by atoms with E-state index in [2.05, 4.69) is 15.5 Å². The molecule has 29 heavy (non-hydrogen) atoms. The summed E-state index contributed by atoms with van der Waals surface area (Å²) in [6, 6.07) is 26.6. The highest BCUT2D eigenvalue weighted by Gasteiger charge is 2.20. The Kier molecular flexibility index (Phi) is 5.33. The molecule has 0 fully saturated rings. The molecule has 4 rings (SSSR count). The van der Waals surface area contributed by atoms with E-state index < -0.39 is 0 Å². The van der Waals surface area contributed by atoms with Crippen molar-refractivity contribution in [1.29, 1.82) is 0 Å². The number of para-hydroxylation sites is 1. The van der Waals surface area contributed by atoms with Gasteiger partial charge in [-0.25, -0.2) is 0 Å². The molecule has 1 atom stereocenters. The molecule has 0 aliphatic heterocycles. The number of nitrogens with one attached hydrogen (secondary N) is 1. The number of rotatable bonds is 6. The molecule has 1 aromatic heterocycles. The molecular weight excluding hydrogens is 364 g/mol. The first-order valence-corrected chi connectivity index (χ1v) is 9.22. The lowest BCUT2D eigenvalue weighted by Gasteiger charge is -2.19. The maximum absolute atomic E-state index is 12.9. The molecule has 1 heterocycles. The summed E-state index contributed by atoms with van der Waals surface area (Å²) < 4.78 is 5.24. The summed E-state index contributed by atoms with van der Waals surface area (Å²) in [5.41, 5.74) is 2.96. The molecule has 6 heteroatoms. The van der Waals surface area contributed by atoms with Gasteiger partial charge in [-0.1, -0.05) is 60.7 Å². The molecule has 0 unspecified atom stereocenters. The Labute approximate surface area is 168 Å². The summed E-state index contributed by atoms with van der Waals surface area (Å²) in [6.07, 6.45) is 1.47. The molecule has 4 aromatic rings. The standard InChI is InChI=1S/C23H20N4O2/c1-29-20-14-12-18(13-15-20)22(17-8-4-2-5-9-17)25-23(28)21-16-24-27(26-21)19-10-6-3-7-11-19/h2-16,22H,1H3,(H,25,28)/t22-/m1/s1. The van der Waals surface area contributed by atoms with Crippen molar-refractivity contribution in [1.82, 2.24) is 20.3 Å². The number of aromatic nitrogens is 3. The van der Waals surface area contributed by atoms with Gasteiger partial charge < -0.3 is 10.1 Å². The molecule has 0 spiro atoms. The first kappa shape index (κ1) is 18.4. The molecule has 0 radical (unpaired) electrons. The topological polar surface area (TPSA) is 69.0 Å². The van der Waals surface area contributed by atoms with Crippen molar-refractivity contribution in [3.05, 3.63) is 108 Å². The van der Waals surface area contributed by atoms with E-state index >= 15 is 0 Å². The van der Waals surface area contributed by atoms with Crippen LogP contribution in [0.4, 0.5) is 0 Å². The second kappa shape index (κ2) is 8.39. The van der Waals surface area contributed by atoms with Gasteiger partial charge in [-0.3, -0.25) is 4.79 Å². The first-order chi connectivity index (χ1) is 14.2. The number of amides is 1. The zero-order chi connectivity index (χ0) is 20.1. The van der Waals surface area contributed by atoms with Gasteiger partial charge in [-0.15, -0.1) is 5.10 Å². The summed E-state index contributed by atoms with van der Waals surface area (Å²) >= 11 is 0. The van der Waals surface area contributed by atoms with E-state index in [4.69, 9.17) is 4.74 Å². The highest BCUT2D eigenvalue weighted by atomic mass is 16.5. The summed E-state index contributed by atoms with van der Waals surface area (Å²) in [7, 11) is 1.63. The van der Waals surface area contributed by atoms with Gasteiger partial charge in [0.25, 0.3) is 5.91 Å².